The van der Waals surface area contributed by atoms with Crippen molar-refractivity contribution in [2.45, 2.75) is 11.1 Å². The van der Waals surface area contributed by atoms with Crippen LogP contribution < -0.4 is 9.46 Å². The van der Waals surface area contributed by atoms with Crippen LogP contribution in [0.25, 0.3) is 10.1 Å². The second-order valence-electron chi connectivity index (χ2n) is 5.48. The summed E-state index contributed by atoms with van der Waals surface area (Å²) < 4.78 is 34.3. The smallest absolute Gasteiger partial charge is 0.335 e. The molecule has 26 heavy (non-hydrogen) atoms. The van der Waals surface area contributed by atoms with E-state index in [2.05, 4.69) is 4.72 Å². The number of rotatable bonds is 5. The van der Waals surface area contributed by atoms with E-state index in [1.54, 1.807) is 25.1 Å². The van der Waals surface area contributed by atoms with E-state index in [-0.39, 0.29) is 21.2 Å². The zero-order chi connectivity index (χ0) is 19.1. The van der Waals surface area contributed by atoms with Gasteiger partial charge < -0.3 is 9.84 Å². The van der Waals surface area contributed by atoms with Gasteiger partial charge in [-0.3, -0.25) is 4.72 Å². The number of nitrogens with one attached hydrogen (secondary N) is 1. The monoisotopic (exact) mass is 411 g/mol. The number of halogens is 1. The maximum atomic E-state index is 12.9. The zero-order valence-corrected chi connectivity index (χ0v) is 16.1. The van der Waals surface area contributed by atoms with Crippen molar-refractivity contribution >= 4 is 54.7 Å². The average Bonchev–Trinajstić information content (AvgIpc) is 2.92. The van der Waals surface area contributed by atoms with Crippen LogP contribution in [0.15, 0.2) is 40.6 Å². The molecule has 136 valence electrons. The first-order valence-corrected chi connectivity index (χ1v) is 10.0. The van der Waals surface area contributed by atoms with E-state index < -0.39 is 16.0 Å². The molecule has 0 aliphatic rings. The van der Waals surface area contributed by atoms with Crippen molar-refractivity contribution in [3.8, 4) is 5.75 Å². The maximum absolute atomic E-state index is 12.9. The van der Waals surface area contributed by atoms with E-state index in [0.717, 1.165) is 21.4 Å². The number of benzene rings is 2. The number of ether oxygens (including phenoxy) is 1. The summed E-state index contributed by atoms with van der Waals surface area (Å²) in [5.41, 5.74) is 0.756. The van der Waals surface area contributed by atoms with Gasteiger partial charge in [0.25, 0.3) is 10.0 Å². The summed E-state index contributed by atoms with van der Waals surface area (Å²) in [5, 5.41) is 10.3. The Morgan fingerprint density at radius 1 is 1.23 bits per heavy atom. The molecule has 0 aliphatic carbocycles. The Balaban J connectivity index is 2.05. The lowest BCUT2D eigenvalue weighted by Crippen LogP contribution is -2.13. The van der Waals surface area contributed by atoms with Crippen molar-refractivity contribution in [1.29, 1.82) is 0 Å². The van der Waals surface area contributed by atoms with E-state index in [1.165, 1.54) is 25.3 Å². The van der Waals surface area contributed by atoms with E-state index >= 15 is 0 Å². The molecule has 9 heteroatoms. The van der Waals surface area contributed by atoms with Crippen LogP contribution in [-0.4, -0.2) is 26.6 Å². The summed E-state index contributed by atoms with van der Waals surface area (Å²) in [6.45, 7) is 1.72. The highest BCUT2D eigenvalue weighted by Gasteiger charge is 2.23. The predicted molar refractivity (Wildman–Crippen MR) is 102 cm³/mol. The molecule has 0 fully saturated rings. The number of sulfonamides is 1. The first kappa shape index (κ1) is 18.5. The number of methoxy groups -OCH3 is 1. The first-order valence-electron chi connectivity index (χ1n) is 7.35. The molecule has 0 saturated heterocycles. The van der Waals surface area contributed by atoms with Gasteiger partial charge in [-0.2, -0.15) is 0 Å². The third-order valence-electron chi connectivity index (χ3n) is 3.79. The first-order chi connectivity index (χ1) is 12.2. The van der Waals surface area contributed by atoms with E-state index in [9.17, 15) is 13.2 Å². The normalized spacial score (nSPS) is 11.5. The van der Waals surface area contributed by atoms with Crippen molar-refractivity contribution in [3.05, 3.63) is 52.5 Å². The number of hydrogen-bond acceptors (Lipinski definition) is 5. The van der Waals surface area contributed by atoms with Gasteiger partial charge in [-0.05, 0) is 54.3 Å². The molecule has 2 aromatic carbocycles. The largest absolute Gasteiger partial charge is 0.495 e. The molecule has 0 atom stereocenters. The standard InChI is InChI=1S/C17H14ClNO5S2/c1-9-12-8-11(18)4-6-15(12)25-17(9)26(22,23)19-13-5-3-10(16(20)21)7-14(13)24-2/h3-8,19H,1-2H3,(H,20,21). The Labute approximate surface area is 159 Å². The Hall–Kier alpha value is -2.29. The van der Waals surface area contributed by atoms with Gasteiger partial charge >= 0.3 is 5.97 Å². The van der Waals surface area contributed by atoms with Gasteiger partial charge in [0.05, 0.1) is 18.4 Å². The van der Waals surface area contributed by atoms with Gasteiger partial charge in [0, 0.05) is 9.72 Å². The molecule has 6 nitrogen and oxygen atoms in total. The van der Waals surface area contributed by atoms with Gasteiger partial charge in [0.1, 0.15) is 9.96 Å². The third-order valence-corrected chi connectivity index (χ3v) is 7.29. The molecule has 0 spiro atoms. The topological polar surface area (TPSA) is 92.7 Å². The number of carboxylic acids is 1. The zero-order valence-electron chi connectivity index (χ0n) is 13.7. The molecular formula is C17H14ClNO5S2. The highest BCUT2D eigenvalue weighted by atomic mass is 35.5. The number of anilines is 1. The van der Waals surface area contributed by atoms with E-state index in [1.807, 2.05) is 0 Å². The summed E-state index contributed by atoms with van der Waals surface area (Å²) in [7, 11) is -2.55. The summed E-state index contributed by atoms with van der Waals surface area (Å²) in [6.07, 6.45) is 0. The minimum Gasteiger partial charge on any atom is -0.495 e. The molecule has 0 amide bonds. The molecule has 1 heterocycles. The number of fused-ring (bicyclic) bond motifs is 1. The lowest BCUT2D eigenvalue weighted by atomic mass is 10.2. The van der Waals surface area contributed by atoms with E-state index in [4.69, 9.17) is 21.4 Å². The molecule has 3 aromatic rings. The van der Waals surface area contributed by atoms with Crippen LogP contribution in [0, 0.1) is 6.92 Å². The maximum Gasteiger partial charge on any atom is 0.335 e. The molecule has 0 radical (unpaired) electrons. The van der Waals surface area contributed by atoms with Crippen LogP contribution in [0.2, 0.25) is 5.02 Å². The number of carboxylic acid groups (broad SMARTS) is 1. The number of thiophene rings is 1. The average molecular weight is 412 g/mol. The second-order valence-corrected chi connectivity index (χ2v) is 8.85. The molecule has 1 aromatic heterocycles. The number of aryl methyl sites for hydroxylation is 1. The van der Waals surface area contributed by atoms with Crippen molar-refractivity contribution in [2.24, 2.45) is 0 Å². The fraction of sp³-hybridized carbons (Fsp3) is 0.118. The number of hydrogen-bond donors (Lipinski definition) is 2. The fourth-order valence-corrected chi connectivity index (χ4v) is 5.52. The minimum absolute atomic E-state index is 0.00233. The molecule has 3 rings (SSSR count). The van der Waals surface area contributed by atoms with Crippen molar-refractivity contribution in [1.82, 2.24) is 0 Å². The quantitative estimate of drug-likeness (QED) is 0.650. The molecular weight excluding hydrogens is 398 g/mol. The summed E-state index contributed by atoms with van der Waals surface area (Å²) in [4.78, 5) is 11.1. The predicted octanol–water partition coefficient (Wildman–Crippen LogP) is 4.37. The molecule has 0 unspecified atom stereocenters. The van der Waals surface area contributed by atoms with E-state index in [0.29, 0.717) is 10.6 Å². The Bertz CT molecular complexity index is 1120. The fourth-order valence-electron chi connectivity index (χ4n) is 2.53. The van der Waals surface area contributed by atoms with Gasteiger partial charge in [-0.15, -0.1) is 11.3 Å². The Morgan fingerprint density at radius 2 is 1.96 bits per heavy atom. The van der Waals surface area contributed by atoms with Crippen molar-refractivity contribution in [3.63, 3.8) is 0 Å². The second kappa shape index (κ2) is 6.79. The summed E-state index contributed by atoms with van der Waals surface area (Å²) in [5.74, 6) is -1.01. The molecule has 0 bridgehead atoms. The SMILES string of the molecule is COc1cc(C(=O)O)ccc1NS(=O)(=O)c1sc2ccc(Cl)cc2c1C. The lowest BCUT2D eigenvalue weighted by Gasteiger charge is -2.12. The van der Waals surface area contributed by atoms with Crippen molar-refractivity contribution < 1.29 is 23.1 Å². The highest BCUT2D eigenvalue weighted by molar-refractivity contribution is 7.95. The number of aromatic carboxylic acids is 1. The van der Waals surface area contributed by atoms with Crippen LogP contribution in [-0.2, 0) is 10.0 Å². The molecule has 2 N–H and O–H groups in total. The minimum atomic E-state index is -3.89. The third kappa shape index (κ3) is 3.35. The Morgan fingerprint density at radius 3 is 2.62 bits per heavy atom. The van der Waals surface area contributed by atoms with Gasteiger partial charge in [0.15, 0.2) is 0 Å². The highest BCUT2D eigenvalue weighted by Crippen LogP contribution is 2.37. The lowest BCUT2D eigenvalue weighted by molar-refractivity contribution is 0.0696. The van der Waals surface area contributed by atoms with Gasteiger partial charge in [0.2, 0.25) is 0 Å². The molecule has 0 aliphatic heterocycles. The molecule has 0 saturated carbocycles. The summed E-state index contributed by atoms with van der Waals surface area (Å²) in [6, 6.07) is 9.13. The van der Waals surface area contributed by atoms with Crippen LogP contribution in [0.4, 0.5) is 5.69 Å². The summed E-state index contributed by atoms with van der Waals surface area (Å²) >= 11 is 7.14. The van der Waals surface area contributed by atoms with Gasteiger partial charge in [-0.25, -0.2) is 13.2 Å². The van der Waals surface area contributed by atoms with Crippen LogP contribution >= 0.6 is 22.9 Å². The van der Waals surface area contributed by atoms with Crippen LogP contribution in [0.5, 0.6) is 5.75 Å². The van der Waals surface area contributed by atoms with Gasteiger partial charge in [-0.1, -0.05) is 11.6 Å². The number of carbonyl (C=O) groups is 1. The van der Waals surface area contributed by atoms with Crippen LogP contribution in [0.1, 0.15) is 15.9 Å². The van der Waals surface area contributed by atoms with Crippen molar-refractivity contribution in [2.75, 3.05) is 11.8 Å². The van der Waals surface area contributed by atoms with Crippen LogP contribution in [0.3, 0.4) is 0 Å². The Kier molecular flexibility index (Phi) is 4.83.